The fourth-order valence-corrected chi connectivity index (χ4v) is 2.13. The lowest BCUT2D eigenvalue weighted by atomic mass is 10.1. The van der Waals surface area contributed by atoms with Crippen LogP contribution in [0.5, 0.6) is 0 Å². The van der Waals surface area contributed by atoms with Crippen LogP contribution in [0.4, 0.5) is 4.79 Å². The highest BCUT2D eigenvalue weighted by Crippen LogP contribution is 2.24. The Kier molecular flexibility index (Phi) is 3.71. The van der Waals surface area contributed by atoms with Gasteiger partial charge in [-0.2, -0.15) is 0 Å². The van der Waals surface area contributed by atoms with E-state index < -0.39 is 23.8 Å². The van der Waals surface area contributed by atoms with Gasteiger partial charge in [-0.05, 0) is 40.0 Å². The van der Waals surface area contributed by atoms with Crippen molar-refractivity contribution >= 4 is 12.0 Å². The first-order chi connectivity index (χ1) is 8.78. The lowest BCUT2D eigenvalue weighted by Crippen LogP contribution is -2.51. The molecular weight excluding hydrogens is 248 g/mol. The van der Waals surface area contributed by atoms with Gasteiger partial charge in [0, 0.05) is 12.6 Å². The third kappa shape index (κ3) is 3.59. The van der Waals surface area contributed by atoms with Crippen molar-refractivity contribution in [1.29, 1.82) is 0 Å². The first-order valence-corrected chi connectivity index (χ1v) is 6.76. The van der Waals surface area contributed by atoms with Crippen LogP contribution in [0.1, 0.15) is 40.0 Å². The largest absolute Gasteiger partial charge is 0.444 e. The molecule has 19 heavy (non-hydrogen) atoms. The summed E-state index contributed by atoms with van der Waals surface area (Å²) in [6.45, 7) is 5.67. The van der Waals surface area contributed by atoms with Crippen LogP contribution in [0, 0.1) is 0 Å². The molecule has 0 unspecified atom stereocenters. The van der Waals surface area contributed by atoms with Crippen LogP contribution in [0.25, 0.3) is 0 Å². The highest BCUT2D eigenvalue weighted by molar-refractivity contribution is 5.87. The van der Waals surface area contributed by atoms with Crippen LogP contribution in [0.3, 0.4) is 0 Å². The predicted molar refractivity (Wildman–Crippen MR) is 68.5 cm³/mol. The summed E-state index contributed by atoms with van der Waals surface area (Å²) in [5.74, 6) is -0.279. The molecule has 6 nitrogen and oxygen atoms in total. The van der Waals surface area contributed by atoms with E-state index in [-0.39, 0.29) is 11.9 Å². The number of carbonyl (C=O) groups excluding carboxylic acids is 2. The summed E-state index contributed by atoms with van der Waals surface area (Å²) in [5.41, 5.74) is -0.609. The topological polar surface area (TPSA) is 78.9 Å². The number of ether oxygens (including phenoxy) is 1. The summed E-state index contributed by atoms with van der Waals surface area (Å²) in [4.78, 5) is 25.4. The summed E-state index contributed by atoms with van der Waals surface area (Å²) in [6.07, 6.45) is 0.996. The van der Waals surface area contributed by atoms with Crippen molar-refractivity contribution in [3.63, 3.8) is 0 Å². The third-order valence-electron chi connectivity index (χ3n) is 3.19. The van der Waals surface area contributed by atoms with Crippen molar-refractivity contribution in [2.24, 2.45) is 0 Å². The van der Waals surface area contributed by atoms with Crippen molar-refractivity contribution in [1.82, 2.24) is 10.2 Å². The average Bonchev–Trinajstić information content (AvgIpc) is 2.96. The molecule has 2 atom stereocenters. The SMILES string of the molecule is CC(C)(C)OC(=O)N1CC[C@H](O)[C@H]1C(=O)NC1CC1. The van der Waals surface area contributed by atoms with Gasteiger partial charge < -0.3 is 15.2 Å². The minimum Gasteiger partial charge on any atom is -0.444 e. The van der Waals surface area contributed by atoms with Crippen molar-refractivity contribution < 1.29 is 19.4 Å². The lowest BCUT2D eigenvalue weighted by molar-refractivity contribution is -0.128. The molecule has 2 rings (SSSR count). The number of nitrogens with zero attached hydrogens (tertiary/aromatic N) is 1. The zero-order valence-electron chi connectivity index (χ0n) is 11.7. The molecule has 1 saturated heterocycles. The molecule has 0 radical (unpaired) electrons. The number of hydrogen-bond donors (Lipinski definition) is 2. The minimum absolute atomic E-state index is 0.209. The first-order valence-electron chi connectivity index (χ1n) is 6.76. The molecule has 1 aliphatic carbocycles. The summed E-state index contributed by atoms with van der Waals surface area (Å²) < 4.78 is 5.27. The molecule has 0 bridgehead atoms. The molecule has 2 amide bonds. The van der Waals surface area contributed by atoms with Gasteiger partial charge in [0.05, 0.1) is 6.10 Å². The molecule has 2 fully saturated rings. The van der Waals surface area contributed by atoms with Gasteiger partial charge in [0.25, 0.3) is 0 Å². The quantitative estimate of drug-likeness (QED) is 0.771. The van der Waals surface area contributed by atoms with Crippen LogP contribution < -0.4 is 5.32 Å². The Hall–Kier alpha value is -1.30. The van der Waals surface area contributed by atoms with Gasteiger partial charge in [-0.25, -0.2) is 4.79 Å². The van der Waals surface area contributed by atoms with E-state index >= 15 is 0 Å². The van der Waals surface area contributed by atoms with E-state index in [1.807, 2.05) is 0 Å². The van der Waals surface area contributed by atoms with Crippen molar-refractivity contribution in [3.8, 4) is 0 Å². The Morgan fingerprint density at radius 3 is 2.42 bits per heavy atom. The van der Waals surface area contributed by atoms with Gasteiger partial charge in [0.15, 0.2) is 0 Å². The lowest BCUT2D eigenvalue weighted by Gasteiger charge is -2.28. The highest BCUT2D eigenvalue weighted by atomic mass is 16.6. The van der Waals surface area contributed by atoms with Gasteiger partial charge in [-0.3, -0.25) is 9.69 Å². The van der Waals surface area contributed by atoms with Gasteiger partial charge in [-0.1, -0.05) is 0 Å². The van der Waals surface area contributed by atoms with Gasteiger partial charge in [0.1, 0.15) is 11.6 Å². The van der Waals surface area contributed by atoms with Crippen LogP contribution in [0.15, 0.2) is 0 Å². The molecule has 0 aromatic carbocycles. The number of nitrogens with one attached hydrogen (secondary N) is 1. The number of carbonyl (C=O) groups is 2. The Morgan fingerprint density at radius 2 is 1.89 bits per heavy atom. The van der Waals surface area contributed by atoms with Gasteiger partial charge in [-0.15, -0.1) is 0 Å². The Balaban J connectivity index is 2.01. The molecule has 0 spiro atoms. The maximum atomic E-state index is 12.1. The van der Waals surface area contributed by atoms with E-state index in [9.17, 15) is 14.7 Å². The summed E-state index contributed by atoms with van der Waals surface area (Å²) in [5, 5.41) is 12.7. The maximum Gasteiger partial charge on any atom is 0.411 e. The molecule has 2 aliphatic rings. The molecule has 2 N–H and O–H groups in total. The molecule has 1 aliphatic heterocycles. The van der Waals surface area contributed by atoms with E-state index in [0.717, 1.165) is 12.8 Å². The standard InChI is InChI=1S/C13H22N2O4/c1-13(2,3)19-12(18)15-7-6-9(16)10(15)11(17)14-8-4-5-8/h8-10,16H,4-7H2,1-3H3,(H,14,17)/t9-,10-/m0/s1. The molecule has 108 valence electrons. The van der Waals surface area contributed by atoms with E-state index in [2.05, 4.69) is 5.32 Å². The maximum absolute atomic E-state index is 12.1. The molecule has 6 heteroatoms. The number of hydrogen-bond acceptors (Lipinski definition) is 4. The Morgan fingerprint density at radius 1 is 1.26 bits per heavy atom. The van der Waals surface area contributed by atoms with Crippen molar-refractivity contribution in [3.05, 3.63) is 0 Å². The van der Waals surface area contributed by atoms with Gasteiger partial charge in [0.2, 0.25) is 5.91 Å². The smallest absolute Gasteiger partial charge is 0.411 e. The fourth-order valence-electron chi connectivity index (χ4n) is 2.13. The van der Waals surface area contributed by atoms with E-state index in [0.29, 0.717) is 13.0 Å². The molecule has 1 saturated carbocycles. The van der Waals surface area contributed by atoms with Crippen molar-refractivity contribution in [2.45, 2.75) is 63.8 Å². The molecule has 0 aromatic heterocycles. The van der Waals surface area contributed by atoms with Gasteiger partial charge >= 0.3 is 6.09 Å². The summed E-state index contributed by atoms with van der Waals surface area (Å²) in [7, 11) is 0. The van der Waals surface area contributed by atoms with Crippen LogP contribution in [-0.2, 0) is 9.53 Å². The number of amides is 2. The number of likely N-dealkylation sites (tertiary alicyclic amines) is 1. The fraction of sp³-hybridized carbons (Fsp3) is 0.846. The van der Waals surface area contributed by atoms with E-state index in [4.69, 9.17) is 4.74 Å². The first kappa shape index (κ1) is 14.1. The number of rotatable bonds is 2. The normalized spacial score (nSPS) is 27.3. The second kappa shape index (κ2) is 5.00. The number of aliphatic hydroxyl groups is 1. The number of aliphatic hydroxyl groups excluding tert-OH is 1. The van der Waals surface area contributed by atoms with E-state index in [1.165, 1.54) is 4.90 Å². The minimum atomic E-state index is -0.824. The Bertz CT molecular complexity index is 373. The molecule has 1 heterocycles. The second-order valence-corrected chi connectivity index (χ2v) is 6.26. The third-order valence-corrected chi connectivity index (χ3v) is 3.19. The van der Waals surface area contributed by atoms with Crippen molar-refractivity contribution in [2.75, 3.05) is 6.54 Å². The summed E-state index contributed by atoms with van der Waals surface area (Å²) in [6, 6.07) is -0.615. The van der Waals surface area contributed by atoms with Crippen LogP contribution in [0.2, 0.25) is 0 Å². The molecule has 0 aromatic rings. The summed E-state index contributed by atoms with van der Waals surface area (Å²) >= 11 is 0. The van der Waals surface area contributed by atoms with Crippen LogP contribution >= 0.6 is 0 Å². The van der Waals surface area contributed by atoms with Crippen LogP contribution in [-0.4, -0.2) is 52.3 Å². The monoisotopic (exact) mass is 270 g/mol. The van der Waals surface area contributed by atoms with E-state index in [1.54, 1.807) is 20.8 Å². The average molecular weight is 270 g/mol. The molecular formula is C13H22N2O4. The Labute approximate surface area is 113 Å². The predicted octanol–water partition coefficient (Wildman–Crippen LogP) is 0.635. The second-order valence-electron chi connectivity index (χ2n) is 6.26. The zero-order valence-corrected chi connectivity index (χ0v) is 11.7. The highest BCUT2D eigenvalue weighted by Gasteiger charge is 2.43. The zero-order chi connectivity index (χ0) is 14.2.